The lowest BCUT2D eigenvalue weighted by Gasteiger charge is -2.41. The maximum absolute atomic E-state index is 13.7. The highest BCUT2D eigenvalue weighted by atomic mass is 32.1. The number of methoxy groups -OCH3 is 1. The first-order valence-electron chi connectivity index (χ1n) is 10.4. The Morgan fingerprint density at radius 2 is 2.03 bits per heavy atom. The maximum Gasteiger partial charge on any atom is 0.254 e. The number of anilines is 1. The lowest BCUT2D eigenvalue weighted by molar-refractivity contribution is -0.119. The molecule has 1 aliphatic rings. The Morgan fingerprint density at radius 3 is 2.84 bits per heavy atom. The molecule has 2 aromatic heterocycles. The zero-order valence-corrected chi connectivity index (χ0v) is 18.3. The minimum atomic E-state index is -0.556. The number of thiophene rings is 1. The molecule has 162 valence electrons. The van der Waals surface area contributed by atoms with Crippen LogP contribution in [0.25, 0.3) is 11.0 Å². The first-order valence-corrected chi connectivity index (χ1v) is 11.3. The average molecular weight is 447 g/mol. The molecule has 0 saturated carbocycles. The first-order chi connectivity index (χ1) is 15.7. The number of nitrogens with one attached hydrogen (secondary N) is 1. The van der Waals surface area contributed by atoms with Crippen molar-refractivity contribution in [1.29, 1.82) is 0 Å². The number of ether oxygens (including phenoxy) is 1. The quantitative estimate of drug-likeness (QED) is 0.449. The van der Waals surface area contributed by atoms with Crippen molar-refractivity contribution in [3.05, 3.63) is 88.3 Å². The molecule has 0 radical (unpaired) electrons. The van der Waals surface area contributed by atoms with Gasteiger partial charge in [-0.3, -0.25) is 9.59 Å². The van der Waals surface area contributed by atoms with E-state index in [1.165, 1.54) is 0 Å². The molecule has 0 saturated heterocycles. The molecule has 0 fully saturated rings. The van der Waals surface area contributed by atoms with Crippen molar-refractivity contribution in [3.63, 3.8) is 0 Å². The first kappa shape index (κ1) is 20.5. The monoisotopic (exact) mass is 446 g/mol. The van der Waals surface area contributed by atoms with Crippen LogP contribution < -0.4 is 5.32 Å². The van der Waals surface area contributed by atoms with Gasteiger partial charge in [0, 0.05) is 35.2 Å². The molecule has 2 aromatic carbocycles. The molecule has 2 amide bonds. The smallest absolute Gasteiger partial charge is 0.254 e. The maximum atomic E-state index is 13.7. The summed E-state index contributed by atoms with van der Waals surface area (Å²) in [4.78, 5) is 29.9. The number of benzene rings is 2. The van der Waals surface area contributed by atoms with Crippen LogP contribution in [0, 0.1) is 0 Å². The van der Waals surface area contributed by atoms with Crippen molar-refractivity contribution in [2.45, 2.75) is 12.0 Å². The zero-order chi connectivity index (χ0) is 22.1. The van der Waals surface area contributed by atoms with E-state index < -0.39 is 12.0 Å². The third kappa shape index (κ3) is 3.59. The van der Waals surface area contributed by atoms with Crippen molar-refractivity contribution >= 4 is 39.8 Å². The van der Waals surface area contributed by atoms with Crippen molar-refractivity contribution in [2.24, 2.45) is 0 Å². The Morgan fingerprint density at radius 1 is 1.16 bits per heavy atom. The third-order valence-electron chi connectivity index (χ3n) is 5.81. The lowest BCUT2D eigenvalue weighted by Crippen LogP contribution is -2.47. The van der Waals surface area contributed by atoms with E-state index in [2.05, 4.69) is 5.32 Å². The summed E-state index contributed by atoms with van der Waals surface area (Å²) in [6.45, 7) is 0.790. The molecule has 6 nitrogen and oxygen atoms in total. The van der Waals surface area contributed by atoms with Crippen LogP contribution >= 0.6 is 11.3 Å². The third-order valence-corrected chi connectivity index (χ3v) is 6.76. The second-order valence-electron chi connectivity index (χ2n) is 7.68. The van der Waals surface area contributed by atoms with E-state index >= 15 is 0 Å². The molecule has 1 N–H and O–H groups in total. The van der Waals surface area contributed by atoms with Crippen molar-refractivity contribution in [2.75, 3.05) is 25.6 Å². The molecule has 32 heavy (non-hydrogen) atoms. The largest absolute Gasteiger partial charge is 0.464 e. The van der Waals surface area contributed by atoms with E-state index in [9.17, 15) is 9.59 Å². The van der Waals surface area contributed by atoms with E-state index in [-0.39, 0.29) is 11.8 Å². The molecule has 0 bridgehead atoms. The number of amides is 2. The molecule has 0 aliphatic carbocycles. The van der Waals surface area contributed by atoms with Gasteiger partial charge < -0.3 is 19.4 Å². The SMILES string of the molecule is COCCN1C(=O)c2ccccc2C(C(=O)Nc2ccc3occc3c2)C1c1cccs1. The Kier molecular flexibility index (Phi) is 5.51. The molecule has 1 aliphatic heterocycles. The van der Waals surface area contributed by atoms with Crippen LogP contribution in [0.3, 0.4) is 0 Å². The molecule has 2 atom stereocenters. The molecule has 4 aromatic rings. The van der Waals surface area contributed by atoms with Crippen LogP contribution in [0.1, 0.15) is 32.8 Å². The number of rotatable bonds is 6. The van der Waals surface area contributed by atoms with Crippen molar-refractivity contribution in [3.8, 4) is 0 Å². The van der Waals surface area contributed by atoms with Crippen LogP contribution in [-0.2, 0) is 9.53 Å². The van der Waals surface area contributed by atoms with Gasteiger partial charge in [-0.25, -0.2) is 0 Å². The van der Waals surface area contributed by atoms with Crippen LogP contribution in [0.15, 0.2) is 76.7 Å². The van der Waals surface area contributed by atoms with Crippen LogP contribution in [0.2, 0.25) is 0 Å². The van der Waals surface area contributed by atoms with E-state index in [1.807, 2.05) is 60.0 Å². The zero-order valence-electron chi connectivity index (χ0n) is 17.5. The lowest BCUT2D eigenvalue weighted by atomic mass is 9.81. The molecule has 3 heterocycles. The summed E-state index contributed by atoms with van der Waals surface area (Å²) in [6.07, 6.45) is 1.62. The number of fused-ring (bicyclic) bond motifs is 2. The molecule has 7 heteroatoms. The summed E-state index contributed by atoms with van der Waals surface area (Å²) >= 11 is 1.55. The molecular weight excluding hydrogens is 424 g/mol. The normalized spacial score (nSPS) is 18.0. The van der Waals surface area contributed by atoms with E-state index in [4.69, 9.17) is 9.15 Å². The van der Waals surface area contributed by atoms with E-state index in [1.54, 1.807) is 35.7 Å². The van der Waals surface area contributed by atoms with Gasteiger partial charge in [0.25, 0.3) is 5.91 Å². The van der Waals surface area contributed by atoms with Gasteiger partial charge in [0.1, 0.15) is 5.58 Å². The van der Waals surface area contributed by atoms with E-state index in [0.29, 0.717) is 24.4 Å². The summed E-state index contributed by atoms with van der Waals surface area (Å²) in [5, 5.41) is 5.96. The Hall–Kier alpha value is -3.42. The predicted octanol–water partition coefficient (Wildman–Crippen LogP) is 5.06. The molecular formula is C25H22N2O4S. The number of hydrogen-bond acceptors (Lipinski definition) is 5. The Balaban J connectivity index is 1.58. The van der Waals surface area contributed by atoms with Gasteiger partial charge in [-0.2, -0.15) is 0 Å². The number of carbonyl (C=O) groups excluding carboxylic acids is 2. The fourth-order valence-corrected chi connectivity index (χ4v) is 5.22. The standard InChI is InChI=1S/C25H22N2O4S/c1-30-13-11-27-23(21-7-4-14-32-21)22(18-5-2-3-6-19(18)25(27)29)24(28)26-17-8-9-20-16(15-17)10-12-31-20/h2-10,12,14-15,22-23H,11,13H2,1H3,(H,26,28). The average Bonchev–Trinajstić information content (AvgIpc) is 3.50. The highest BCUT2D eigenvalue weighted by Crippen LogP contribution is 2.44. The van der Waals surface area contributed by atoms with Gasteiger partial charge >= 0.3 is 0 Å². The van der Waals surface area contributed by atoms with Gasteiger partial charge in [-0.05, 0) is 47.3 Å². The van der Waals surface area contributed by atoms with Crippen LogP contribution in [0.4, 0.5) is 5.69 Å². The highest BCUT2D eigenvalue weighted by Gasteiger charge is 2.44. The summed E-state index contributed by atoms with van der Waals surface area (Å²) in [5.41, 5.74) is 2.75. The second-order valence-corrected chi connectivity index (χ2v) is 8.66. The second kappa shape index (κ2) is 8.61. The van der Waals surface area contributed by atoms with Crippen LogP contribution in [-0.4, -0.2) is 37.0 Å². The van der Waals surface area contributed by atoms with Crippen molar-refractivity contribution in [1.82, 2.24) is 4.90 Å². The minimum absolute atomic E-state index is 0.0834. The van der Waals surface area contributed by atoms with Crippen LogP contribution in [0.5, 0.6) is 0 Å². The number of nitrogens with zero attached hydrogens (tertiary/aromatic N) is 1. The van der Waals surface area contributed by atoms with Gasteiger partial charge in [-0.15, -0.1) is 11.3 Å². The summed E-state index contributed by atoms with van der Waals surface area (Å²) in [7, 11) is 1.61. The van der Waals surface area contributed by atoms with Gasteiger partial charge in [0.15, 0.2) is 0 Å². The molecule has 2 unspecified atom stereocenters. The Labute approximate surface area is 189 Å². The van der Waals surface area contributed by atoms with Gasteiger partial charge in [-0.1, -0.05) is 24.3 Å². The fourth-order valence-electron chi connectivity index (χ4n) is 4.35. The predicted molar refractivity (Wildman–Crippen MR) is 124 cm³/mol. The summed E-state index contributed by atoms with van der Waals surface area (Å²) < 4.78 is 10.7. The topological polar surface area (TPSA) is 71.8 Å². The van der Waals surface area contributed by atoms with Gasteiger partial charge in [0.05, 0.1) is 24.8 Å². The number of hydrogen-bond donors (Lipinski definition) is 1. The van der Waals surface area contributed by atoms with E-state index in [0.717, 1.165) is 21.4 Å². The fraction of sp³-hybridized carbons (Fsp3) is 0.200. The minimum Gasteiger partial charge on any atom is -0.464 e. The summed E-state index contributed by atoms with van der Waals surface area (Å²) in [5.74, 6) is -0.798. The summed E-state index contributed by atoms with van der Waals surface area (Å²) in [6, 6.07) is 18.3. The molecule has 5 rings (SSSR count). The van der Waals surface area contributed by atoms with Crippen molar-refractivity contribution < 1.29 is 18.7 Å². The highest BCUT2D eigenvalue weighted by molar-refractivity contribution is 7.10. The number of carbonyl (C=O) groups is 2. The molecule has 0 spiro atoms. The van der Waals surface area contributed by atoms with Gasteiger partial charge in [0.2, 0.25) is 5.91 Å². The number of furan rings is 1. The Bertz CT molecular complexity index is 1260.